The summed E-state index contributed by atoms with van der Waals surface area (Å²) >= 11 is 0. The number of hydrogen-bond acceptors (Lipinski definition) is 4. The molecule has 0 heterocycles. The quantitative estimate of drug-likeness (QED) is 0.934. The summed E-state index contributed by atoms with van der Waals surface area (Å²) in [7, 11) is -2.43. The Kier molecular flexibility index (Phi) is 4.75. The van der Waals surface area contributed by atoms with E-state index in [2.05, 4.69) is 4.72 Å². The Morgan fingerprint density at radius 2 is 1.70 bits per heavy atom. The van der Waals surface area contributed by atoms with Gasteiger partial charge in [-0.1, -0.05) is 23.8 Å². The van der Waals surface area contributed by atoms with E-state index in [1.54, 1.807) is 31.2 Å². The lowest BCUT2D eigenvalue weighted by Crippen LogP contribution is -2.31. The van der Waals surface area contributed by atoms with Crippen LogP contribution in [0.1, 0.15) is 27.0 Å². The van der Waals surface area contributed by atoms with Gasteiger partial charge in [-0.3, -0.25) is 4.79 Å². The van der Waals surface area contributed by atoms with Crippen LogP contribution in [-0.4, -0.2) is 21.4 Å². The fraction of sp³-hybridized carbons (Fsp3) is 0.235. The van der Waals surface area contributed by atoms with Gasteiger partial charge < -0.3 is 4.74 Å². The molecule has 2 aromatic carbocycles. The van der Waals surface area contributed by atoms with Gasteiger partial charge in [0.2, 0.25) is 0 Å². The molecule has 0 saturated heterocycles. The molecule has 23 heavy (non-hydrogen) atoms. The molecule has 0 aromatic heterocycles. The Balaban J connectivity index is 2.31. The molecule has 2 rings (SSSR count). The van der Waals surface area contributed by atoms with Crippen LogP contribution in [0.25, 0.3) is 0 Å². The summed E-state index contributed by atoms with van der Waals surface area (Å²) in [4.78, 5) is 12.3. The summed E-state index contributed by atoms with van der Waals surface area (Å²) in [6, 6.07) is 9.73. The first-order valence-corrected chi connectivity index (χ1v) is 8.52. The highest BCUT2D eigenvalue weighted by Gasteiger charge is 2.21. The van der Waals surface area contributed by atoms with Crippen LogP contribution in [-0.2, 0) is 10.0 Å². The van der Waals surface area contributed by atoms with E-state index in [0.29, 0.717) is 11.3 Å². The van der Waals surface area contributed by atoms with Crippen molar-refractivity contribution in [2.75, 3.05) is 7.11 Å². The second kappa shape index (κ2) is 6.42. The number of methoxy groups -OCH3 is 1. The first-order valence-electron chi connectivity index (χ1n) is 7.03. The highest BCUT2D eigenvalue weighted by molar-refractivity contribution is 7.90. The molecule has 1 N–H and O–H groups in total. The minimum Gasteiger partial charge on any atom is -0.496 e. The monoisotopic (exact) mass is 333 g/mol. The van der Waals surface area contributed by atoms with Gasteiger partial charge in [0.1, 0.15) is 5.75 Å². The predicted molar refractivity (Wildman–Crippen MR) is 88.3 cm³/mol. The van der Waals surface area contributed by atoms with Crippen molar-refractivity contribution in [3.63, 3.8) is 0 Å². The zero-order valence-electron chi connectivity index (χ0n) is 13.5. The van der Waals surface area contributed by atoms with E-state index in [9.17, 15) is 13.2 Å². The molecule has 1 amide bonds. The number of amides is 1. The van der Waals surface area contributed by atoms with Crippen LogP contribution in [0.15, 0.2) is 41.3 Å². The van der Waals surface area contributed by atoms with Crippen molar-refractivity contribution in [2.24, 2.45) is 0 Å². The Morgan fingerprint density at radius 1 is 1.00 bits per heavy atom. The van der Waals surface area contributed by atoms with Crippen LogP contribution in [0.5, 0.6) is 5.75 Å². The first-order chi connectivity index (χ1) is 10.7. The summed E-state index contributed by atoms with van der Waals surface area (Å²) in [5.41, 5.74) is 2.63. The molecular weight excluding hydrogens is 314 g/mol. The Hall–Kier alpha value is -2.34. The van der Waals surface area contributed by atoms with E-state index in [1.807, 2.05) is 13.8 Å². The van der Waals surface area contributed by atoms with Gasteiger partial charge in [-0.05, 0) is 50.1 Å². The number of hydrogen-bond donors (Lipinski definition) is 1. The number of ether oxygens (including phenoxy) is 1. The number of benzene rings is 2. The van der Waals surface area contributed by atoms with Gasteiger partial charge in [-0.2, -0.15) is 0 Å². The average Bonchev–Trinajstić information content (AvgIpc) is 2.46. The topological polar surface area (TPSA) is 72.5 Å². The summed E-state index contributed by atoms with van der Waals surface area (Å²) in [5, 5.41) is 0. The van der Waals surface area contributed by atoms with Crippen molar-refractivity contribution >= 4 is 15.9 Å². The van der Waals surface area contributed by atoms with Crippen LogP contribution in [0, 0.1) is 20.8 Å². The maximum atomic E-state index is 12.4. The van der Waals surface area contributed by atoms with Crippen LogP contribution in [0.3, 0.4) is 0 Å². The number of sulfonamides is 1. The van der Waals surface area contributed by atoms with Crippen LogP contribution < -0.4 is 9.46 Å². The molecule has 122 valence electrons. The number of rotatable bonds is 4. The van der Waals surface area contributed by atoms with Gasteiger partial charge in [0.25, 0.3) is 15.9 Å². The fourth-order valence-corrected chi connectivity index (χ4v) is 3.50. The Labute approximate surface area is 136 Å². The van der Waals surface area contributed by atoms with Crippen molar-refractivity contribution < 1.29 is 17.9 Å². The zero-order chi connectivity index (χ0) is 17.2. The van der Waals surface area contributed by atoms with Crippen LogP contribution in [0.4, 0.5) is 0 Å². The summed E-state index contributed by atoms with van der Waals surface area (Å²) in [6.07, 6.45) is 0. The molecule has 0 spiro atoms. The van der Waals surface area contributed by atoms with E-state index in [1.165, 1.54) is 19.2 Å². The molecule has 0 saturated carbocycles. The first kappa shape index (κ1) is 17.0. The fourth-order valence-electron chi connectivity index (χ4n) is 2.30. The van der Waals surface area contributed by atoms with Crippen molar-refractivity contribution in [1.82, 2.24) is 4.72 Å². The van der Waals surface area contributed by atoms with Crippen molar-refractivity contribution in [3.05, 3.63) is 58.7 Å². The standard InChI is InChI=1S/C17H19NO4S/c1-11-5-8-16(13(3)9-11)23(20,21)18-17(19)14-7-6-12(2)15(10-14)22-4/h5-10H,1-4H3,(H,18,19). The highest BCUT2D eigenvalue weighted by Crippen LogP contribution is 2.20. The van der Waals surface area contributed by atoms with Crippen molar-refractivity contribution in [1.29, 1.82) is 0 Å². The Morgan fingerprint density at radius 3 is 2.30 bits per heavy atom. The molecule has 0 atom stereocenters. The number of aryl methyl sites for hydroxylation is 3. The van der Waals surface area contributed by atoms with E-state index in [0.717, 1.165) is 11.1 Å². The van der Waals surface area contributed by atoms with E-state index >= 15 is 0 Å². The highest BCUT2D eigenvalue weighted by atomic mass is 32.2. The van der Waals surface area contributed by atoms with Gasteiger partial charge >= 0.3 is 0 Å². The largest absolute Gasteiger partial charge is 0.496 e. The maximum Gasteiger partial charge on any atom is 0.265 e. The number of carbonyl (C=O) groups is 1. The number of carbonyl (C=O) groups excluding carboxylic acids is 1. The van der Waals surface area contributed by atoms with Crippen molar-refractivity contribution in [3.8, 4) is 5.75 Å². The van der Waals surface area contributed by atoms with Gasteiger partial charge in [0.05, 0.1) is 12.0 Å². The summed E-state index contributed by atoms with van der Waals surface area (Å²) in [5.74, 6) is -0.162. The minimum atomic E-state index is -3.93. The normalized spacial score (nSPS) is 11.1. The molecule has 2 aromatic rings. The molecule has 0 aliphatic heterocycles. The zero-order valence-corrected chi connectivity index (χ0v) is 14.3. The third-order valence-corrected chi connectivity index (χ3v) is 5.01. The molecule has 0 aliphatic carbocycles. The third kappa shape index (κ3) is 3.71. The van der Waals surface area contributed by atoms with E-state index < -0.39 is 15.9 Å². The van der Waals surface area contributed by atoms with Gasteiger partial charge in [0, 0.05) is 5.56 Å². The molecule has 0 unspecified atom stereocenters. The predicted octanol–water partition coefficient (Wildman–Crippen LogP) is 2.74. The third-order valence-electron chi connectivity index (χ3n) is 3.52. The lowest BCUT2D eigenvalue weighted by atomic mass is 10.1. The molecule has 6 heteroatoms. The lowest BCUT2D eigenvalue weighted by molar-refractivity contribution is 0.0981. The number of nitrogens with one attached hydrogen (secondary N) is 1. The smallest absolute Gasteiger partial charge is 0.265 e. The molecule has 0 aliphatic rings. The minimum absolute atomic E-state index is 0.0931. The van der Waals surface area contributed by atoms with E-state index in [-0.39, 0.29) is 10.5 Å². The van der Waals surface area contributed by atoms with Crippen molar-refractivity contribution in [2.45, 2.75) is 25.7 Å². The van der Waals surface area contributed by atoms with Gasteiger partial charge in [-0.25, -0.2) is 13.1 Å². The molecule has 0 radical (unpaired) electrons. The van der Waals surface area contributed by atoms with Gasteiger partial charge in [0.15, 0.2) is 0 Å². The average molecular weight is 333 g/mol. The van der Waals surface area contributed by atoms with Crippen LogP contribution in [0.2, 0.25) is 0 Å². The lowest BCUT2D eigenvalue weighted by Gasteiger charge is -2.11. The summed E-state index contributed by atoms with van der Waals surface area (Å²) in [6.45, 7) is 5.41. The van der Waals surface area contributed by atoms with E-state index in [4.69, 9.17) is 4.74 Å². The second-order valence-corrected chi connectivity index (χ2v) is 7.04. The Bertz CT molecular complexity index is 857. The summed E-state index contributed by atoms with van der Waals surface area (Å²) < 4.78 is 32.1. The molecule has 0 bridgehead atoms. The second-order valence-electron chi connectivity index (χ2n) is 5.39. The molecule has 5 nitrogen and oxygen atoms in total. The maximum absolute atomic E-state index is 12.4. The molecular formula is C17H19NO4S. The van der Waals surface area contributed by atoms with Crippen LogP contribution >= 0.6 is 0 Å². The molecule has 0 fully saturated rings. The SMILES string of the molecule is COc1cc(C(=O)NS(=O)(=O)c2ccc(C)cc2C)ccc1C. The van der Waals surface area contributed by atoms with Gasteiger partial charge in [-0.15, -0.1) is 0 Å².